The van der Waals surface area contributed by atoms with E-state index in [4.69, 9.17) is 4.74 Å². The van der Waals surface area contributed by atoms with Crippen LogP contribution in [0.1, 0.15) is 28.4 Å². The van der Waals surface area contributed by atoms with Crippen molar-refractivity contribution in [3.63, 3.8) is 0 Å². The van der Waals surface area contributed by atoms with Crippen molar-refractivity contribution in [1.82, 2.24) is 10.6 Å². The first-order valence-electron chi connectivity index (χ1n) is 13.0. The number of nitrogens with one attached hydrogen (secondary N) is 2. The van der Waals surface area contributed by atoms with E-state index in [1.54, 1.807) is 19.1 Å². The van der Waals surface area contributed by atoms with Gasteiger partial charge in [-0.3, -0.25) is 9.59 Å². The Morgan fingerprint density at radius 2 is 1.40 bits per heavy atom. The highest BCUT2D eigenvalue weighted by molar-refractivity contribution is 9.10. The minimum absolute atomic E-state index is 0.254. The quantitative estimate of drug-likeness (QED) is 0.220. The minimum Gasteiger partial charge on any atom is -0.371 e. The van der Waals surface area contributed by atoms with E-state index in [2.05, 4.69) is 32.6 Å². The van der Waals surface area contributed by atoms with Crippen molar-refractivity contribution in [3.8, 4) is 17.2 Å². The van der Waals surface area contributed by atoms with Crippen molar-refractivity contribution in [1.29, 1.82) is 5.26 Å². The SMILES string of the molecule is C[C@@H](OCc1ccccc1)[C@@H](C#N)NC(=O)[C@H](Cc1ccc(Br)cc1)NC(=O)c1ccc(-c2ccccc2)cc1. The van der Waals surface area contributed by atoms with Gasteiger partial charge in [-0.05, 0) is 53.4 Å². The molecule has 0 aromatic heterocycles. The molecule has 0 heterocycles. The number of hydrogen-bond acceptors (Lipinski definition) is 4. The van der Waals surface area contributed by atoms with Gasteiger partial charge in [0, 0.05) is 16.5 Å². The van der Waals surface area contributed by atoms with E-state index in [0.29, 0.717) is 12.2 Å². The van der Waals surface area contributed by atoms with Crippen molar-refractivity contribution < 1.29 is 14.3 Å². The zero-order valence-electron chi connectivity index (χ0n) is 22.1. The summed E-state index contributed by atoms with van der Waals surface area (Å²) in [5.74, 6) is -0.836. The molecule has 202 valence electrons. The van der Waals surface area contributed by atoms with Crippen molar-refractivity contribution in [2.75, 3.05) is 0 Å². The topological polar surface area (TPSA) is 91.2 Å². The number of nitriles is 1. The average molecular weight is 597 g/mol. The highest BCUT2D eigenvalue weighted by Gasteiger charge is 2.27. The molecule has 0 bridgehead atoms. The Kier molecular flexibility index (Phi) is 10.2. The molecule has 2 N–H and O–H groups in total. The summed E-state index contributed by atoms with van der Waals surface area (Å²) >= 11 is 3.42. The third kappa shape index (κ3) is 8.12. The van der Waals surface area contributed by atoms with Crippen LogP contribution in [-0.2, 0) is 22.6 Å². The predicted octanol–water partition coefficient (Wildman–Crippen LogP) is 6.07. The second-order valence-corrected chi connectivity index (χ2v) is 10.3. The van der Waals surface area contributed by atoms with Crippen LogP contribution in [0, 0.1) is 11.3 Å². The summed E-state index contributed by atoms with van der Waals surface area (Å²) < 4.78 is 6.77. The smallest absolute Gasteiger partial charge is 0.251 e. The number of nitrogens with zero attached hydrogens (tertiary/aromatic N) is 1. The molecule has 0 radical (unpaired) electrons. The summed E-state index contributed by atoms with van der Waals surface area (Å²) in [5, 5.41) is 15.4. The summed E-state index contributed by atoms with van der Waals surface area (Å²) in [6.07, 6.45) is -0.312. The third-order valence-electron chi connectivity index (χ3n) is 6.49. The van der Waals surface area contributed by atoms with Crippen LogP contribution in [-0.4, -0.2) is 30.0 Å². The van der Waals surface area contributed by atoms with Crippen molar-refractivity contribution in [2.24, 2.45) is 0 Å². The molecule has 0 saturated carbocycles. The first kappa shape index (κ1) is 28.8. The zero-order chi connectivity index (χ0) is 28.3. The van der Waals surface area contributed by atoms with Crippen LogP contribution >= 0.6 is 15.9 Å². The lowest BCUT2D eigenvalue weighted by molar-refractivity contribution is -0.124. The van der Waals surface area contributed by atoms with Crippen LogP contribution in [0.3, 0.4) is 0 Å². The molecule has 0 aliphatic rings. The lowest BCUT2D eigenvalue weighted by atomic mass is 10.0. The molecule has 0 unspecified atom stereocenters. The standard InChI is InChI=1S/C33H30BrN3O3/c1-23(40-22-25-8-4-2-5-9-25)31(21-35)37-33(39)30(20-24-12-18-29(34)19-13-24)36-32(38)28-16-14-27(15-17-28)26-10-6-3-7-11-26/h2-19,23,30-31H,20,22H2,1H3,(H,36,38)(H,37,39)/t23-,30+,31-/m1/s1. The van der Waals surface area contributed by atoms with Crippen LogP contribution < -0.4 is 10.6 Å². The number of amides is 2. The molecule has 0 fully saturated rings. The Morgan fingerprint density at radius 1 is 0.800 bits per heavy atom. The monoisotopic (exact) mass is 595 g/mol. The fourth-order valence-corrected chi connectivity index (χ4v) is 4.42. The van der Waals surface area contributed by atoms with Crippen LogP contribution in [0.5, 0.6) is 0 Å². The maximum absolute atomic E-state index is 13.4. The maximum Gasteiger partial charge on any atom is 0.251 e. The number of hydrogen-bond donors (Lipinski definition) is 2. The molecule has 40 heavy (non-hydrogen) atoms. The molecule has 0 aliphatic carbocycles. The van der Waals surface area contributed by atoms with Gasteiger partial charge in [-0.1, -0.05) is 101 Å². The van der Waals surface area contributed by atoms with Gasteiger partial charge < -0.3 is 15.4 Å². The van der Waals surface area contributed by atoms with Crippen LogP contribution in [0.2, 0.25) is 0 Å². The Morgan fingerprint density at radius 3 is 2.02 bits per heavy atom. The minimum atomic E-state index is -0.903. The second-order valence-electron chi connectivity index (χ2n) is 9.42. The van der Waals surface area contributed by atoms with Gasteiger partial charge in [-0.15, -0.1) is 0 Å². The molecule has 4 aromatic carbocycles. The van der Waals surface area contributed by atoms with Gasteiger partial charge in [0.15, 0.2) is 0 Å². The molecule has 4 rings (SSSR count). The molecule has 7 heteroatoms. The van der Waals surface area contributed by atoms with E-state index in [0.717, 1.165) is 26.7 Å². The van der Waals surface area contributed by atoms with E-state index in [1.807, 2.05) is 97.1 Å². The molecule has 3 atom stereocenters. The number of halogens is 1. The van der Waals surface area contributed by atoms with E-state index >= 15 is 0 Å². The lowest BCUT2D eigenvalue weighted by Crippen LogP contribution is -2.52. The van der Waals surface area contributed by atoms with E-state index in [-0.39, 0.29) is 12.3 Å². The number of rotatable bonds is 11. The normalized spacial score (nSPS) is 12.9. The Bertz CT molecular complexity index is 1440. The van der Waals surface area contributed by atoms with E-state index in [9.17, 15) is 14.9 Å². The van der Waals surface area contributed by atoms with Crippen LogP contribution in [0.25, 0.3) is 11.1 Å². The first-order chi connectivity index (χ1) is 19.4. The second kappa shape index (κ2) is 14.2. The third-order valence-corrected chi connectivity index (χ3v) is 7.02. The van der Waals surface area contributed by atoms with Gasteiger partial charge in [0.05, 0.1) is 18.8 Å². The molecule has 6 nitrogen and oxygen atoms in total. The molecular weight excluding hydrogens is 566 g/mol. The van der Waals surface area contributed by atoms with Crippen molar-refractivity contribution in [3.05, 3.63) is 130 Å². The summed E-state index contributed by atoms with van der Waals surface area (Å²) in [7, 11) is 0. The summed E-state index contributed by atoms with van der Waals surface area (Å²) in [6.45, 7) is 2.06. The zero-order valence-corrected chi connectivity index (χ0v) is 23.7. The average Bonchev–Trinajstić information content (AvgIpc) is 3.00. The first-order valence-corrected chi connectivity index (χ1v) is 13.8. The Hall–Kier alpha value is -4.25. The molecule has 2 amide bonds. The Labute approximate surface area is 243 Å². The van der Waals surface area contributed by atoms with Gasteiger partial charge in [0.25, 0.3) is 5.91 Å². The van der Waals surface area contributed by atoms with Crippen LogP contribution in [0.4, 0.5) is 0 Å². The lowest BCUT2D eigenvalue weighted by Gasteiger charge is -2.24. The number of benzene rings is 4. The summed E-state index contributed by atoms with van der Waals surface area (Å²) in [6, 6.07) is 34.6. The fraction of sp³-hybridized carbons (Fsp3) is 0.182. The number of carbonyl (C=O) groups excluding carboxylic acids is 2. The molecule has 0 aliphatic heterocycles. The maximum atomic E-state index is 13.4. The molecular formula is C33H30BrN3O3. The van der Waals surface area contributed by atoms with Gasteiger partial charge in [0.1, 0.15) is 12.1 Å². The Balaban J connectivity index is 1.46. The number of ether oxygens (including phenoxy) is 1. The van der Waals surface area contributed by atoms with Crippen molar-refractivity contribution in [2.45, 2.75) is 38.1 Å². The van der Waals surface area contributed by atoms with E-state index < -0.39 is 24.1 Å². The van der Waals surface area contributed by atoms with Crippen LogP contribution in [0.15, 0.2) is 114 Å². The number of carbonyl (C=O) groups is 2. The highest BCUT2D eigenvalue weighted by atomic mass is 79.9. The van der Waals surface area contributed by atoms with E-state index in [1.165, 1.54) is 0 Å². The fourth-order valence-electron chi connectivity index (χ4n) is 4.16. The molecule has 0 spiro atoms. The highest BCUT2D eigenvalue weighted by Crippen LogP contribution is 2.19. The summed E-state index contributed by atoms with van der Waals surface area (Å²) in [4.78, 5) is 26.6. The van der Waals surface area contributed by atoms with Gasteiger partial charge in [-0.25, -0.2) is 0 Å². The van der Waals surface area contributed by atoms with Gasteiger partial charge in [0.2, 0.25) is 5.91 Å². The molecule has 0 saturated heterocycles. The van der Waals surface area contributed by atoms with Gasteiger partial charge in [-0.2, -0.15) is 5.26 Å². The largest absolute Gasteiger partial charge is 0.371 e. The predicted molar refractivity (Wildman–Crippen MR) is 159 cm³/mol. The van der Waals surface area contributed by atoms with Crippen molar-refractivity contribution >= 4 is 27.7 Å². The van der Waals surface area contributed by atoms with Gasteiger partial charge >= 0.3 is 0 Å². The molecule has 4 aromatic rings. The summed E-state index contributed by atoms with van der Waals surface area (Å²) in [5.41, 5.74) is 4.31.